The number of nitrogens with one attached hydrogen (secondary N) is 1. The molecule has 1 atom stereocenters. The van der Waals surface area contributed by atoms with E-state index in [1.807, 2.05) is 17.0 Å². The van der Waals surface area contributed by atoms with Crippen LogP contribution < -0.4 is 10.2 Å². The molecule has 1 aromatic rings. The first-order valence-corrected chi connectivity index (χ1v) is 11.6. The van der Waals surface area contributed by atoms with Gasteiger partial charge in [-0.15, -0.1) is 0 Å². The lowest BCUT2D eigenvalue weighted by Gasteiger charge is -2.37. The van der Waals surface area contributed by atoms with Crippen molar-refractivity contribution in [3.8, 4) is 0 Å². The van der Waals surface area contributed by atoms with E-state index in [1.54, 1.807) is 0 Å². The van der Waals surface area contributed by atoms with Crippen molar-refractivity contribution in [2.75, 3.05) is 36.4 Å². The van der Waals surface area contributed by atoms with Gasteiger partial charge in [0, 0.05) is 49.9 Å². The predicted octanol–water partition coefficient (Wildman–Crippen LogP) is 5.17. The number of hydrogen-bond donors (Lipinski definition) is 1. The van der Waals surface area contributed by atoms with Crippen LogP contribution in [0.2, 0.25) is 0 Å². The van der Waals surface area contributed by atoms with E-state index in [1.165, 1.54) is 0 Å². The first-order chi connectivity index (χ1) is 14.1. The van der Waals surface area contributed by atoms with Gasteiger partial charge >= 0.3 is 0 Å². The SMILES string of the molecule is CCC(CC)C(=O)N1CCN(c2ccc(NC(=O)C[C@@H](C)CC(C)(C)C)cc2)CC1. The summed E-state index contributed by atoms with van der Waals surface area (Å²) in [5.41, 5.74) is 2.22. The summed E-state index contributed by atoms with van der Waals surface area (Å²) >= 11 is 0. The Kier molecular flexibility index (Phi) is 8.75. The first kappa shape index (κ1) is 24.2. The lowest BCUT2D eigenvalue weighted by Crippen LogP contribution is -2.50. The average molecular weight is 416 g/mol. The van der Waals surface area contributed by atoms with Gasteiger partial charge in [-0.25, -0.2) is 0 Å². The third-order valence-electron chi connectivity index (χ3n) is 5.94. The number of benzene rings is 1. The molecule has 1 fully saturated rings. The van der Waals surface area contributed by atoms with Gasteiger partial charge in [0.25, 0.3) is 0 Å². The molecule has 1 aromatic carbocycles. The molecular formula is C25H41N3O2. The van der Waals surface area contributed by atoms with Crippen molar-refractivity contribution >= 4 is 23.2 Å². The Morgan fingerprint density at radius 3 is 2.07 bits per heavy atom. The highest BCUT2D eigenvalue weighted by molar-refractivity contribution is 5.91. The van der Waals surface area contributed by atoms with Gasteiger partial charge in [0.2, 0.25) is 11.8 Å². The highest BCUT2D eigenvalue weighted by Crippen LogP contribution is 2.26. The summed E-state index contributed by atoms with van der Waals surface area (Å²) in [6.07, 6.45) is 3.41. The molecule has 1 N–H and O–H groups in total. The van der Waals surface area contributed by atoms with Crippen LogP contribution in [0.5, 0.6) is 0 Å². The molecule has 5 nitrogen and oxygen atoms in total. The van der Waals surface area contributed by atoms with Crippen LogP contribution in [0.1, 0.15) is 67.2 Å². The van der Waals surface area contributed by atoms with Crippen molar-refractivity contribution in [3.05, 3.63) is 24.3 Å². The summed E-state index contributed by atoms with van der Waals surface area (Å²) in [5.74, 6) is 0.903. The molecule has 0 spiro atoms. The molecule has 0 aliphatic carbocycles. The van der Waals surface area contributed by atoms with Crippen molar-refractivity contribution in [1.29, 1.82) is 0 Å². The smallest absolute Gasteiger partial charge is 0.225 e. The number of amides is 2. The molecular weight excluding hydrogens is 374 g/mol. The fourth-order valence-corrected chi connectivity index (χ4v) is 4.48. The Balaban J connectivity index is 1.84. The maximum Gasteiger partial charge on any atom is 0.225 e. The molecule has 168 valence electrons. The van der Waals surface area contributed by atoms with Crippen molar-refractivity contribution in [2.45, 2.75) is 67.2 Å². The van der Waals surface area contributed by atoms with Gasteiger partial charge in [-0.2, -0.15) is 0 Å². The second-order valence-corrected chi connectivity index (χ2v) is 9.99. The van der Waals surface area contributed by atoms with E-state index in [0.717, 1.165) is 56.8 Å². The van der Waals surface area contributed by atoms with Crippen LogP contribution >= 0.6 is 0 Å². The molecule has 2 rings (SSSR count). The van der Waals surface area contributed by atoms with Gasteiger partial charge in [-0.3, -0.25) is 9.59 Å². The van der Waals surface area contributed by atoms with E-state index < -0.39 is 0 Å². The van der Waals surface area contributed by atoms with Crippen LogP contribution in [0, 0.1) is 17.3 Å². The Bertz CT molecular complexity index is 681. The lowest BCUT2D eigenvalue weighted by atomic mass is 9.84. The fourth-order valence-electron chi connectivity index (χ4n) is 4.48. The zero-order chi connectivity index (χ0) is 22.3. The van der Waals surface area contributed by atoms with Crippen molar-refractivity contribution in [3.63, 3.8) is 0 Å². The van der Waals surface area contributed by atoms with Crippen LogP contribution in [0.25, 0.3) is 0 Å². The largest absolute Gasteiger partial charge is 0.368 e. The number of rotatable bonds is 8. The summed E-state index contributed by atoms with van der Waals surface area (Å²) in [5, 5.41) is 3.03. The van der Waals surface area contributed by atoms with Crippen LogP contribution in [0.4, 0.5) is 11.4 Å². The molecule has 2 amide bonds. The van der Waals surface area contributed by atoms with Gasteiger partial charge in [0.15, 0.2) is 0 Å². The van der Waals surface area contributed by atoms with E-state index >= 15 is 0 Å². The minimum absolute atomic E-state index is 0.0769. The second kappa shape index (κ2) is 10.8. The Morgan fingerprint density at radius 1 is 1.00 bits per heavy atom. The van der Waals surface area contributed by atoms with Crippen molar-refractivity contribution in [1.82, 2.24) is 4.90 Å². The van der Waals surface area contributed by atoms with Crippen molar-refractivity contribution < 1.29 is 9.59 Å². The molecule has 0 unspecified atom stereocenters. The summed E-state index contributed by atoms with van der Waals surface area (Å²) < 4.78 is 0. The molecule has 1 aliphatic rings. The summed E-state index contributed by atoms with van der Waals surface area (Å²) in [6, 6.07) is 8.08. The number of nitrogens with zero attached hydrogens (tertiary/aromatic N) is 2. The minimum Gasteiger partial charge on any atom is -0.368 e. The van der Waals surface area contributed by atoms with E-state index in [0.29, 0.717) is 18.2 Å². The summed E-state index contributed by atoms with van der Waals surface area (Å²) in [6.45, 7) is 16.2. The van der Waals surface area contributed by atoms with E-state index in [9.17, 15) is 9.59 Å². The number of hydrogen-bond acceptors (Lipinski definition) is 3. The van der Waals surface area contributed by atoms with E-state index in [-0.39, 0.29) is 17.2 Å². The van der Waals surface area contributed by atoms with Gasteiger partial charge in [-0.05, 0) is 54.9 Å². The molecule has 30 heavy (non-hydrogen) atoms. The average Bonchev–Trinajstić information content (AvgIpc) is 2.68. The zero-order valence-electron chi connectivity index (χ0n) is 19.8. The molecule has 0 aromatic heterocycles. The maximum atomic E-state index is 12.6. The summed E-state index contributed by atoms with van der Waals surface area (Å²) in [7, 11) is 0. The van der Waals surface area contributed by atoms with Gasteiger partial charge in [0.05, 0.1) is 0 Å². The number of anilines is 2. The Labute approximate surface area is 183 Å². The highest BCUT2D eigenvalue weighted by Gasteiger charge is 2.25. The quantitative estimate of drug-likeness (QED) is 0.637. The maximum absolute atomic E-state index is 12.6. The summed E-state index contributed by atoms with van der Waals surface area (Å²) in [4.78, 5) is 29.2. The molecule has 0 saturated carbocycles. The van der Waals surface area contributed by atoms with Crippen LogP contribution in [0.15, 0.2) is 24.3 Å². The number of carbonyl (C=O) groups excluding carboxylic acids is 2. The van der Waals surface area contributed by atoms with Gasteiger partial charge in [0.1, 0.15) is 0 Å². The molecule has 0 bridgehead atoms. The highest BCUT2D eigenvalue weighted by atomic mass is 16.2. The monoisotopic (exact) mass is 415 g/mol. The topological polar surface area (TPSA) is 52.7 Å². The number of carbonyl (C=O) groups is 2. The Morgan fingerprint density at radius 2 is 1.57 bits per heavy atom. The number of piperazine rings is 1. The molecule has 5 heteroatoms. The predicted molar refractivity (Wildman–Crippen MR) is 126 cm³/mol. The Hall–Kier alpha value is -2.04. The lowest BCUT2D eigenvalue weighted by molar-refractivity contribution is -0.136. The third-order valence-corrected chi connectivity index (χ3v) is 5.94. The fraction of sp³-hybridized carbons (Fsp3) is 0.680. The van der Waals surface area contributed by atoms with E-state index in [2.05, 4.69) is 63.9 Å². The minimum atomic E-state index is 0.0769. The normalized spacial score (nSPS) is 16.0. The molecule has 0 radical (unpaired) electrons. The molecule has 1 aliphatic heterocycles. The van der Waals surface area contributed by atoms with Gasteiger partial charge in [-0.1, -0.05) is 41.5 Å². The van der Waals surface area contributed by atoms with Crippen LogP contribution in [-0.2, 0) is 9.59 Å². The second-order valence-electron chi connectivity index (χ2n) is 9.99. The van der Waals surface area contributed by atoms with Crippen LogP contribution in [-0.4, -0.2) is 42.9 Å². The van der Waals surface area contributed by atoms with Gasteiger partial charge < -0.3 is 15.1 Å². The third kappa shape index (κ3) is 7.33. The van der Waals surface area contributed by atoms with Crippen molar-refractivity contribution in [2.24, 2.45) is 17.3 Å². The standard InChI is InChI=1S/C25H41N3O2/c1-7-20(8-2)24(30)28-15-13-27(14-16-28)22-11-9-21(10-12-22)26-23(29)17-19(3)18-25(4,5)6/h9-12,19-20H,7-8,13-18H2,1-6H3,(H,26,29)/t19-/m1/s1. The zero-order valence-corrected chi connectivity index (χ0v) is 19.8. The first-order valence-electron chi connectivity index (χ1n) is 11.6. The van der Waals surface area contributed by atoms with E-state index in [4.69, 9.17) is 0 Å². The van der Waals surface area contributed by atoms with Crippen LogP contribution in [0.3, 0.4) is 0 Å². The molecule has 1 saturated heterocycles. The molecule has 1 heterocycles.